The van der Waals surface area contributed by atoms with Crippen LogP contribution in [0, 0.1) is 5.82 Å². The van der Waals surface area contributed by atoms with Crippen molar-refractivity contribution >= 4 is 29.5 Å². The number of carbonyl (C=O) groups excluding carboxylic acids is 1. The van der Waals surface area contributed by atoms with Gasteiger partial charge in [-0.05, 0) is 49.2 Å². The van der Waals surface area contributed by atoms with Crippen LogP contribution in [0.1, 0.15) is 31.9 Å². The van der Waals surface area contributed by atoms with E-state index in [1.165, 1.54) is 12.1 Å². The molecule has 0 saturated heterocycles. The Balaban J connectivity index is 2.10. The molecule has 0 aliphatic heterocycles. The molecule has 1 N–H and O–H groups in total. The van der Waals surface area contributed by atoms with Crippen LogP contribution in [-0.4, -0.2) is 18.4 Å². The molecule has 2 aromatic rings. The van der Waals surface area contributed by atoms with Crippen LogP contribution in [0.3, 0.4) is 0 Å². The van der Waals surface area contributed by atoms with Gasteiger partial charge in [0.1, 0.15) is 11.6 Å². The summed E-state index contributed by atoms with van der Waals surface area (Å²) in [6.45, 7) is 4.08. The van der Waals surface area contributed by atoms with Gasteiger partial charge in [-0.3, -0.25) is 4.79 Å². The van der Waals surface area contributed by atoms with Gasteiger partial charge in [-0.15, -0.1) is 0 Å². The fraction of sp³-hybridized carbons (Fsp3) is 0.316. The first-order chi connectivity index (χ1) is 11.9. The maximum Gasteiger partial charge on any atom is 0.176 e. The lowest BCUT2D eigenvalue weighted by atomic mass is 10.0. The molecule has 3 nitrogen and oxygen atoms in total. The number of halogens is 3. The third-order valence-electron chi connectivity index (χ3n) is 4.10. The fourth-order valence-electron chi connectivity index (χ4n) is 2.35. The Kier molecular flexibility index (Phi) is 6.82. The van der Waals surface area contributed by atoms with E-state index in [0.29, 0.717) is 22.2 Å². The molecule has 0 fully saturated rings. The minimum atomic E-state index is -1.06. The van der Waals surface area contributed by atoms with E-state index in [0.717, 1.165) is 11.8 Å². The van der Waals surface area contributed by atoms with Crippen LogP contribution < -0.4 is 10.1 Å². The van der Waals surface area contributed by atoms with Crippen molar-refractivity contribution in [1.29, 1.82) is 0 Å². The monoisotopic (exact) mass is 383 g/mol. The van der Waals surface area contributed by atoms with Crippen LogP contribution in [0.15, 0.2) is 42.5 Å². The third-order valence-corrected chi connectivity index (χ3v) is 4.63. The molecule has 0 aromatic heterocycles. The van der Waals surface area contributed by atoms with Gasteiger partial charge in [-0.1, -0.05) is 42.3 Å². The number of carbonyl (C=O) groups is 1. The highest BCUT2D eigenvalue weighted by molar-refractivity contribution is 6.35. The van der Waals surface area contributed by atoms with Crippen LogP contribution in [0.4, 0.5) is 4.39 Å². The molecule has 25 heavy (non-hydrogen) atoms. The molecular formula is C19H20Cl2FNO2. The predicted octanol–water partition coefficient (Wildman–Crippen LogP) is 5.21. The number of hydrogen-bond donors (Lipinski definition) is 1. The second-order valence-corrected chi connectivity index (χ2v) is 6.71. The van der Waals surface area contributed by atoms with Gasteiger partial charge in [-0.25, -0.2) is 4.39 Å². The zero-order chi connectivity index (χ0) is 18.4. The lowest BCUT2D eigenvalue weighted by Crippen LogP contribution is -2.47. The molecule has 0 bridgehead atoms. The summed E-state index contributed by atoms with van der Waals surface area (Å²) in [5.41, 5.74) is -0.145. The molecule has 0 heterocycles. The average Bonchev–Trinajstić information content (AvgIpc) is 2.61. The number of hydrogen-bond acceptors (Lipinski definition) is 3. The summed E-state index contributed by atoms with van der Waals surface area (Å²) in [6.07, 6.45) is 1.24. The number of ether oxygens (including phenoxy) is 1. The quantitative estimate of drug-likeness (QED) is 0.635. The van der Waals surface area contributed by atoms with Crippen molar-refractivity contribution in [3.63, 3.8) is 0 Å². The minimum Gasteiger partial charge on any atom is -0.477 e. The normalized spacial score (nSPS) is 14.6. The van der Waals surface area contributed by atoms with Gasteiger partial charge in [0.15, 0.2) is 11.9 Å². The Hall–Kier alpha value is -1.62. The number of aldehydes is 1. The first-order valence-electron chi connectivity index (χ1n) is 7.98. The van der Waals surface area contributed by atoms with Crippen LogP contribution >= 0.6 is 23.2 Å². The molecule has 6 heteroatoms. The van der Waals surface area contributed by atoms with Crippen molar-refractivity contribution in [2.75, 3.05) is 6.54 Å². The highest BCUT2D eigenvalue weighted by atomic mass is 35.5. The Labute approximate surface area is 157 Å². The lowest BCUT2D eigenvalue weighted by molar-refractivity contribution is -0.121. The van der Waals surface area contributed by atoms with Crippen LogP contribution in [0.2, 0.25) is 10.0 Å². The summed E-state index contributed by atoms with van der Waals surface area (Å²) in [5, 5.41) is 4.10. The van der Waals surface area contributed by atoms with Crippen LogP contribution in [0.5, 0.6) is 5.75 Å². The molecule has 0 amide bonds. The van der Waals surface area contributed by atoms with E-state index in [1.807, 2.05) is 13.8 Å². The molecule has 0 saturated carbocycles. The van der Waals surface area contributed by atoms with Gasteiger partial charge >= 0.3 is 0 Å². The topological polar surface area (TPSA) is 38.3 Å². The van der Waals surface area contributed by atoms with E-state index in [4.69, 9.17) is 27.9 Å². The fourth-order valence-corrected chi connectivity index (χ4v) is 2.80. The van der Waals surface area contributed by atoms with Crippen molar-refractivity contribution < 1.29 is 13.9 Å². The average molecular weight is 384 g/mol. The number of nitrogens with one attached hydrogen (secondary N) is 1. The van der Waals surface area contributed by atoms with E-state index in [-0.39, 0.29) is 18.4 Å². The Morgan fingerprint density at radius 3 is 2.48 bits per heavy atom. The van der Waals surface area contributed by atoms with Crippen molar-refractivity contribution in [3.05, 3.63) is 63.9 Å². The SMILES string of the molecule is CCC(C=O)(CNC(C)c1ccc(F)cc1)Oc1ccc(Cl)cc1Cl. The molecule has 2 rings (SSSR count). The molecule has 0 spiro atoms. The second kappa shape index (κ2) is 8.65. The van der Waals surface area contributed by atoms with Gasteiger partial charge < -0.3 is 10.1 Å². The van der Waals surface area contributed by atoms with Crippen LogP contribution in [-0.2, 0) is 4.79 Å². The molecule has 134 valence electrons. The summed E-state index contributed by atoms with van der Waals surface area (Å²) in [7, 11) is 0. The Morgan fingerprint density at radius 2 is 1.92 bits per heavy atom. The Bertz CT molecular complexity index is 724. The molecule has 0 aliphatic carbocycles. The van der Waals surface area contributed by atoms with E-state index >= 15 is 0 Å². The second-order valence-electron chi connectivity index (χ2n) is 5.87. The summed E-state index contributed by atoms with van der Waals surface area (Å²) in [6, 6.07) is 11.0. The van der Waals surface area contributed by atoms with Gasteiger partial charge in [0, 0.05) is 17.6 Å². The smallest absolute Gasteiger partial charge is 0.176 e. The van der Waals surface area contributed by atoms with E-state index < -0.39 is 5.60 Å². The van der Waals surface area contributed by atoms with Gasteiger partial charge in [0.05, 0.1) is 5.02 Å². The molecule has 0 radical (unpaired) electrons. The first-order valence-corrected chi connectivity index (χ1v) is 8.74. The zero-order valence-electron chi connectivity index (χ0n) is 14.1. The highest BCUT2D eigenvalue weighted by Crippen LogP contribution is 2.31. The van der Waals surface area contributed by atoms with Crippen molar-refractivity contribution in [2.45, 2.75) is 31.9 Å². The lowest BCUT2D eigenvalue weighted by Gasteiger charge is -2.30. The van der Waals surface area contributed by atoms with Crippen molar-refractivity contribution in [3.8, 4) is 5.75 Å². The van der Waals surface area contributed by atoms with Crippen molar-refractivity contribution in [2.24, 2.45) is 0 Å². The molecule has 2 unspecified atom stereocenters. The molecule has 2 atom stereocenters. The zero-order valence-corrected chi connectivity index (χ0v) is 15.6. The largest absolute Gasteiger partial charge is 0.477 e. The first kappa shape index (κ1) is 19.7. The standard InChI is InChI=1S/C19H20Cl2FNO2/c1-3-19(12-24,25-18-9-6-15(20)10-17(18)21)11-23-13(2)14-4-7-16(22)8-5-14/h4-10,12-13,23H,3,11H2,1-2H3. The summed E-state index contributed by atoms with van der Waals surface area (Å²) in [4.78, 5) is 11.8. The van der Waals surface area contributed by atoms with Gasteiger partial charge in [-0.2, -0.15) is 0 Å². The molecule has 0 aliphatic rings. The molecule has 2 aromatic carbocycles. The molecular weight excluding hydrogens is 364 g/mol. The van der Waals surface area contributed by atoms with E-state index in [9.17, 15) is 9.18 Å². The van der Waals surface area contributed by atoms with E-state index in [2.05, 4.69) is 5.32 Å². The summed E-state index contributed by atoms with van der Waals surface area (Å²) in [5.74, 6) is 0.115. The van der Waals surface area contributed by atoms with Gasteiger partial charge in [0.2, 0.25) is 0 Å². The van der Waals surface area contributed by atoms with Gasteiger partial charge in [0.25, 0.3) is 0 Å². The number of rotatable bonds is 8. The minimum absolute atomic E-state index is 0.0734. The van der Waals surface area contributed by atoms with E-state index in [1.54, 1.807) is 30.3 Å². The Morgan fingerprint density at radius 1 is 1.24 bits per heavy atom. The summed E-state index contributed by atoms with van der Waals surface area (Å²) >= 11 is 12.0. The maximum atomic E-state index is 13.0. The van der Waals surface area contributed by atoms with Crippen molar-refractivity contribution in [1.82, 2.24) is 5.32 Å². The van der Waals surface area contributed by atoms with Crippen LogP contribution in [0.25, 0.3) is 0 Å². The highest BCUT2D eigenvalue weighted by Gasteiger charge is 2.31. The third kappa shape index (κ3) is 5.18. The maximum absolute atomic E-state index is 13.0. The number of benzene rings is 2. The summed E-state index contributed by atoms with van der Waals surface area (Å²) < 4.78 is 18.9. The predicted molar refractivity (Wildman–Crippen MR) is 99.0 cm³/mol.